The highest BCUT2D eigenvalue weighted by Gasteiger charge is 2.24. The largest absolute Gasteiger partial charge is 0.383 e. The number of nitrogens with zero attached hydrogens (tertiary/aromatic N) is 5. The molecule has 0 aromatic carbocycles. The number of unbranched alkanes of at least 4 members (excludes halogenated alkanes) is 1. The van der Waals surface area contributed by atoms with Gasteiger partial charge in [0.25, 0.3) is 0 Å². The molecule has 0 saturated heterocycles. The van der Waals surface area contributed by atoms with Crippen molar-refractivity contribution < 1.29 is 4.74 Å². The zero-order valence-electron chi connectivity index (χ0n) is 17.1. The Labute approximate surface area is 170 Å². The van der Waals surface area contributed by atoms with E-state index in [1.807, 2.05) is 30.3 Å². The maximum absolute atomic E-state index is 6.46. The van der Waals surface area contributed by atoms with Crippen LogP contribution in [0, 0.1) is 0 Å². The molecule has 29 heavy (non-hydrogen) atoms. The average Bonchev–Trinajstić information content (AvgIpc) is 3.11. The highest BCUT2D eigenvalue weighted by atomic mass is 16.5. The van der Waals surface area contributed by atoms with Crippen molar-refractivity contribution in [3.8, 4) is 11.4 Å². The van der Waals surface area contributed by atoms with Gasteiger partial charge in [-0.25, -0.2) is 9.98 Å². The van der Waals surface area contributed by atoms with E-state index in [4.69, 9.17) is 20.4 Å². The van der Waals surface area contributed by atoms with Gasteiger partial charge in [0.15, 0.2) is 5.49 Å². The predicted octanol–water partition coefficient (Wildman–Crippen LogP) is 1.91. The molecule has 0 fully saturated rings. The molecule has 1 aliphatic carbocycles. The molecular weight excluding hydrogens is 364 g/mol. The Bertz CT molecular complexity index is 1040. The van der Waals surface area contributed by atoms with Gasteiger partial charge in [-0.3, -0.25) is 4.98 Å². The number of fused-ring (bicyclic) bond motifs is 1. The first kappa shape index (κ1) is 19.4. The third-order valence-electron chi connectivity index (χ3n) is 5.22. The first-order valence-electron chi connectivity index (χ1n) is 10.2. The first-order valence-corrected chi connectivity index (χ1v) is 10.2. The summed E-state index contributed by atoms with van der Waals surface area (Å²) in [6.45, 7) is 3.48. The lowest BCUT2D eigenvalue weighted by Gasteiger charge is -2.28. The van der Waals surface area contributed by atoms with Gasteiger partial charge in [0.05, 0.1) is 13.2 Å². The summed E-state index contributed by atoms with van der Waals surface area (Å²) >= 11 is 0. The fourth-order valence-corrected chi connectivity index (χ4v) is 3.54. The smallest absolute Gasteiger partial charge is 0.231 e. The van der Waals surface area contributed by atoms with E-state index >= 15 is 0 Å². The quantitative estimate of drug-likeness (QED) is 0.728. The standard InChI is InChI=1S/C22H28N6O/c1-3-4-13-29-22-26-21-18(19(23)27(22)2)25-20(17-11-8-12-24-14-17)28(21)15-16-9-6-5-7-10-16/h6,8-12,14,22H,3-5,7,13,15,23H2,1-2H3. The third-order valence-corrected chi connectivity index (χ3v) is 5.22. The van der Waals surface area contributed by atoms with E-state index in [9.17, 15) is 0 Å². The fraction of sp³-hybridized carbons (Fsp3) is 0.409. The molecule has 4 rings (SSSR count). The summed E-state index contributed by atoms with van der Waals surface area (Å²) < 4.78 is 8.13. The SMILES string of the molecule is CCCCOC1N=c2c(nc(-c3cccnc3)n2CC2=CCCC=C2)=C(N)N1C. The van der Waals surface area contributed by atoms with Crippen molar-refractivity contribution in [3.63, 3.8) is 0 Å². The molecule has 2 aliphatic rings. The number of hydrogen-bond acceptors (Lipinski definition) is 6. The topological polar surface area (TPSA) is 81.6 Å². The van der Waals surface area contributed by atoms with Crippen molar-refractivity contribution in [1.29, 1.82) is 0 Å². The number of nitrogens with two attached hydrogens (primary N) is 1. The van der Waals surface area contributed by atoms with Gasteiger partial charge in [0.1, 0.15) is 17.0 Å². The van der Waals surface area contributed by atoms with Crippen LogP contribution in [0.15, 0.2) is 53.3 Å². The van der Waals surface area contributed by atoms with E-state index in [-0.39, 0.29) is 0 Å². The van der Waals surface area contributed by atoms with Crippen LogP contribution in [0.2, 0.25) is 0 Å². The Morgan fingerprint density at radius 1 is 1.31 bits per heavy atom. The van der Waals surface area contributed by atoms with Gasteiger partial charge >= 0.3 is 0 Å². The average molecular weight is 393 g/mol. The van der Waals surface area contributed by atoms with Crippen molar-refractivity contribution in [1.82, 2.24) is 19.4 Å². The van der Waals surface area contributed by atoms with Crippen LogP contribution in [0.4, 0.5) is 0 Å². The molecule has 0 bridgehead atoms. The first-order chi connectivity index (χ1) is 14.2. The van der Waals surface area contributed by atoms with Crippen molar-refractivity contribution in [2.45, 2.75) is 45.5 Å². The number of aromatic nitrogens is 3. The van der Waals surface area contributed by atoms with Crippen molar-refractivity contribution in [2.24, 2.45) is 10.7 Å². The number of rotatable bonds is 7. The van der Waals surface area contributed by atoms with Crippen LogP contribution in [-0.4, -0.2) is 39.4 Å². The van der Waals surface area contributed by atoms with E-state index in [2.05, 4.69) is 34.7 Å². The van der Waals surface area contributed by atoms with Crippen molar-refractivity contribution in [2.75, 3.05) is 13.7 Å². The summed E-state index contributed by atoms with van der Waals surface area (Å²) in [5, 5.41) is 0.696. The molecule has 0 amide bonds. The number of pyridine rings is 1. The van der Waals surface area contributed by atoms with Gasteiger partial charge in [0.2, 0.25) is 6.35 Å². The van der Waals surface area contributed by atoms with Crippen LogP contribution < -0.4 is 16.6 Å². The molecule has 0 saturated carbocycles. The van der Waals surface area contributed by atoms with Gasteiger partial charge in [-0.05, 0) is 37.0 Å². The fourth-order valence-electron chi connectivity index (χ4n) is 3.54. The minimum Gasteiger partial charge on any atom is -0.383 e. The summed E-state index contributed by atoms with van der Waals surface area (Å²) in [7, 11) is 1.90. The van der Waals surface area contributed by atoms with Crippen LogP contribution in [0.3, 0.4) is 0 Å². The lowest BCUT2D eigenvalue weighted by atomic mass is 10.1. The maximum atomic E-state index is 6.46. The van der Waals surface area contributed by atoms with Crippen LogP contribution in [-0.2, 0) is 11.3 Å². The van der Waals surface area contributed by atoms with E-state index in [0.29, 0.717) is 24.3 Å². The molecule has 1 aliphatic heterocycles. The summed E-state index contributed by atoms with van der Waals surface area (Å²) in [6, 6.07) is 3.93. The number of allylic oxidation sites excluding steroid dienone is 4. The van der Waals surface area contributed by atoms with Crippen LogP contribution in [0.25, 0.3) is 17.2 Å². The minimum absolute atomic E-state index is 0.442. The molecule has 0 radical (unpaired) electrons. The normalized spacial score (nSPS) is 18.4. The Morgan fingerprint density at radius 3 is 2.93 bits per heavy atom. The van der Waals surface area contributed by atoms with Gasteiger partial charge in [0, 0.05) is 25.0 Å². The Balaban J connectivity index is 1.84. The van der Waals surface area contributed by atoms with Gasteiger partial charge < -0.3 is 19.9 Å². The number of hydrogen-bond donors (Lipinski definition) is 1. The summed E-state index contributed by atoms with van der Waals surface area (Å²) in [4.78, 5) is 15.9. The Morgan fingerprint density at radius 2 is 2.21 bits per heavy atom. The number of ether oxygens (including phenoxy) is 1. The van der Waals surface area contributed by atoms with Gasteiger partial charge in [-0.2, -0.15) is 0 Å². The Kier molecular flexibility index (Phi) is 5.76. The van der Waals surface area contributed by atoms with E-state index < -0.39 is 6.35 Å². The number of imidazole rings is 1. The van der Waals surface area contributed by atoms with Gasteiger partial charge in [-0.1, -0.05) is 31.6 Å². The summed E-state index contributed by atoms with van der Waals surface area (Å²) in [5.41, 5.74) is 9.41. The van der Waals surface area contributed by atoms with Crippen LogP contribution >= 0.6 is 0 Å². The van der Waals surface area contributed by atoms with E-state index in [1.165, 1.54) is 5.57 Å². The molecule has 1 atom stereocenters. The lowest BCUT2D eigenvalue weighted by Crippen LogP contribution is -2.49. The molecule has 7 heteroatoms. The molecule has 3 heterocycles. The monoisotopic (exact) mass is 392 g/mol. The third kappa shape index (κ3) is 3.96. The highest BCUT2D eigenvalue weighted by Crippen LogP contribution is 2.18. The highest BCUT2D eigenvalue weighted by molar-refractivity contribution is 5.55. The molecular formula is C22H28N6O. The molecule has 1 unspecified atom stereocenters. The van der Waals surface area contributed by atoms with Crippen molar-refractivity contribution >= 4 is 5.82 Å². The molecule has 7 nitrogen and oxygen atoms in total. The molecule has 2 aromatic heterocycles. The lowest BCUT2D eigenvalue weighted by molar-refractivity contribution is -0.0225. The van der Waals surface area contributed by atoms with Crippen LogP contribution in [0.5, 0.6) is 0 Å². The molecule has 152 valence electrons. The zero-order chi connectivity index (χ0) is 20.2. The predicted molar refractivity (Wildman–Crippen MR) is 113 cm³/mol. The molecule has 0 spiro atoms. The second-order valence-electron chi connectivity index (χ2n) is 7.37. The maximum Gasteiger partial charge on any atom is 0.231 e. The summed E-state index contributed by atoms with van der Waals surface area (Å²) in [5.74, 6) is 1.39. The molecule has 2 N–H and O–H groups in total. The summed E-state index contributed by atoms with van der Waals surface area (Å²) in [6.07, 6.45) is 14.0. The van der Waals surface area contributed by atoms with Crippen molar-refractivity contribution in [3.05, 3.63) is 59.2 Å². The second-order valence-corrected chi connectivity index (χ2v) is 7.37. The zero-order valence-corrected chi connectivity index (χ0v) is 17.1. The van der Waals surface area contributed by atoms with Crippen LogP contribution in [0.1, 0.15) is 32.6 Å². The van der Waals surface area contributed by atoms with E-state index in [1.54, 1.807) is 6.20 Å². The van der Waals surface area contributed by atoms with E-state index in [0.717, 1.165) is 42.6 Å². The Hall–Kier alpha value is -2.93. The minimum atomic E-state index is -0.442. The van der Waals surface area contributed by atoms with Gasteiger partial charge in [-0.15, -0.1) is 0 Å². The molecule has 2 aromatic rings. The second kappa shape index (κ2) is 8.61.